The number of likely N-dealkylation sites (tertiary alicyclic amines) is 1. The number of benzene rings is 1. The second kappa shape index (κ2) is 6.33. The van der Waals surface area contributed by atoms with Gasteiger partial charge in [0.2, 0.25) is 5.91 Å². The fraction of sp³-hybridized carbons (Fsp3) is 0.533. The number of likely N-dealkylation sites (N-methyl/N-ethyl adjacent to an activating group) is 1. The second-order valence-corrected chi connectivity index (χ2v) is 5.34. The Balaban J connectivity index is 2.34. The van der Waals surface area contributed by atoms with E-state index in [9.17, 15) is 9.18 Å². The maximum atomic E-state index is 14.1. The van der Waals surface area contributed by atoms with Gasteiger partial charge in [-0.3, -0.25) is 9.69 Å². The normalized spacial score (nSPS) is 22.5. The Morgan fingerprint density at radius 1 is 1.50 bits per heavy atom. The summed E-state index contributed by atoms with van der Waals surface area (Å²) in [6.07, 6.45) is 1.72. The van der Waals surface area contributed by atoms with Gasteiger partial charge in [0.05, 0.1) is 12.1 Å². The number of halogens is 1. The minimum atomic E-state index is -0.277. The van der Waals surface area contributed by atoms with Crippen LogP contribution < -0.4 is 11.1 Å². The molecule has 0 aliphatic carbocycles. The minimum absolute atomic E-state index is 0.0236. The van der Waals surface area contributed by atoms with E-state index in [0.29, 0.717) is 5.56 Å². The van der Waals surface area contributed by atoms with Crippen LogP contribution in [0.5, 0.6) is 0 Å². The summed E-state index contributed by atoms with van der Waals surface area (Å²) in [6.45, 7) is 2.62. The highest BCUT2D eigenvalue weighted by molar-refractivity contribution is 5.81. The number of hydrogen-bond donors (Lipinski definition) is 2. The number of carbonyl (C=O) groups is 1. The Morgan fingerprint density at radius 3 is 2.80 bits per heavy atom. The van der Waals surface area contributed by atoms with E-state index in [-0.39, 0.29) is 29.8 Å². The molecule has 1 aromatic carbocycles. The van der Waals surface area contributed by atoms with E-state index < -0.39 is 0 Å². The van der Waals surface area contributed by atoms with E-state index in [0.717, 1.165) is 19.4 Å². The molecule has 4 nitrogen and oxygen atoms in total. The molecule has 1 aliphatic rings. The molecule has 5 heteroatoms. The molecule has 20 heavy (non-hydrogen) atoms. The van der Waals surface area contributed by atoms with Gasteiger partial charge in [-0.2, -0.15) is 0 Å². The molecule has 3 unspecified atom stereocenters. The molecule has 0 spiro atoms. The Morgan fingerprint density at radius 2 is 2.20 bits per heavy atom. The van der Waals surface area contributed by atoms with Crippen LogP contribution >= 0.6 is 0 Å². The van der Waals surface area contributed by atoms with Gasteiger partial charge in [0.25, 0.3) is 0 Å². The highest BCUT2D eigenvalue weighted by Crippen LogP contribution is 2.32. The summed E-state index contributed by atoms with van der Waals surface area (Å²) in [7, 11) is 1.63. The van der Waals surface area contributed by atoms with Crippen molar-refractivity contribution in [2.45, 2.75) is 37.9 Å². The highest BCUT2D eigenvalue weighted by Gasteiger charge is 2.37. The van der Waals surface area contributed by atoms with E-state index in [1.165, 1.54) is 6.07 Å². The molecule has 3 N–H and O–H groups in total. The van der Waals surface area contributed by atoms with Crippen LogP contribution in [0.25, 0.3) is 0 Å². The zero-order valence-electron chi connectivity index (χ0n) is 12.0. The van der Waals surface area contributed by atoms with E-state index in [4.69, 9.17) is 5.73 Å². The summed E-state index contributed by atoms with van der Waals surface area (Å²) >= 11 is 0. The van der Waals surface area contributed by atoms with Gasteiger partial charge in [-0.05, 0) is 32.4 Å². The molecule has 110 valence electrons. The SMILES string of the molecule is CNC(=O)C1CCCN1C(c1ccccc1F)C(C)N. The van der Waals surface area contributed by atoms with Crippen molar-refractivity contribution >= 4 is 5.91 Å². The first-order valence-electron chi connectivity index (χ1n) is 7.03. The van der Waals surface area contributed by atoms with Crippen LogP contribution in [-0.2, 0) is 4.79 Å². The van der Waals surface area contributed by atoms with E-state index >= 15 is 0 Å². The van der Waals surface area contributed by atoms with Gasteiger partial charge >= 0.3 is 0 Å². The molecule has 3 atom stereocenters. The lowest BCUT2D eigenvalue weighted by Crippen LogP contribution is -2.48. The van der Waals surface area contributed by atoms with Crippen LogP contribution in [0.15, 0.2) is 24.3 Å². The number of rotatable bonds is 4. The first-order valence-corrected chi connectivity index (χ1v) is 7.03. The van der Waals surface area contributed by atoms with Gasteiger partial charge in [-0.1, -0.05) is 18.2 Å². The molecular weight excluding hydrogens is 257 g/mol. The van der Waals surface area contributed by atoms with Crippen LogP contribution in [0.4, 0.5) is 4.39 Å². The second-order valence-electron chi connectivity index (χ2n) is 5.34. The number of nitrogens with two attached hydrogens (primary N) is 1. The van der Waals surface area contributed by atoms with Crippen molar-refractivity contribution in [3.05, 3.63) is 35.6 Å². The molecular formula is C15H22FN3O. The molecule has 0 bridgehead atoms. The number of hydrogen-bond acceptors (Lipinski definition) is 3. The minimum Gasteiger partial charge on any atom is -0.358 e. The first-order chi connectivity index (χ1) is 9.56. The summed E-state index contributed by atoms with van der Waals surface area (Å²) in [5.41, 5.74) is 6.65. The molecule has 1 aromatic rings. The van der Waals surface area contributed by atoms with E-state index in [1.807, 2.05) is 11.8 Å². The smallest absolute Gasteiger partial charge is 0.237 e. The van der Waals surface area contributed by atoms with Crippen molar-refractivity contribution in [2.75, 3.05) is 13.6 Å². The molecule has 1 amide bonds. The zero-order chi connectivity index (χ0) is 14.7. The Hall–Kier alpha value is -1.46. The third-order valence-electron chi connectivity index (χ3n) is 3.92. The van der Waals surface area contributed by atoms with Gasteiger partial charge < -0.3 is 11.1 Å². The van der Waals surface area contributed by atoms with Crippen LogP contribution in [0.2, 0.25) is 0 Å². The lowest BCUT2D eigenvalue weighted by molar-refractivity contribution is -0.125. The quantitative estimate of drug-likeness (QED) is 0.876. The fourth-order valence-electron chi connectivity index (χ4n) is 3.05. The molecule has 2 rings (SSSR count). The third-order valence-corrected chi connectivity index (χ3v) is 3.92. The summed E-state index contributed by atoms with van der Waals surface area (Å²) in [5, 5.41) is 2.68. The Bertz CT molecular complexity index is 478. The summed E-state index contributed by atoms with van der Waals surface area (Å²) in [4.78, 5) is 14.0. The molecule has 0 saturated carbocycles. The van der Waals surface area contributed by atoms with E-state index in [2.05, 4.69) is 5.32 Å². The predicted molar refractivity (Wildman–Crippen MR) is 76.6 cm³/mol. The number of amides is 1. The van der Waals surface area contributed by atoms with Crippen LogP contribution in [0, 0.1) is 5.82 Å². The number of carbonyl (C=O) groups excluding carboxylic acids is 1. The monoisotopic (exact) mass is 279 g/mol. The van der Waals surface area contributed by atoms with Gasteiger partial charge in [0, 0.05) is 18.7 Å². The molecule has 1 heterocycles. The van der Waals surface area contributed by atoms with Crippen molar-refractivity contribution in [1.82, 2.24) is 10.2 Å². The van der Waals surface area contributed by atoms with Crippen molar-refractivity contribution in [1.29, 1.82) is 0 Å². The number of nitrogens with one attached hydrogen (secondary N) is 1. The summed E-state index contributed by atoms with van der Waals surface area (Å²) in [5.74, 6) is -0.290. The summed E-state index contributed by atoms with van der Waals surface area (Å²) < 4.78 is 14.1. The molecule has 1 saturated heterocycles. The van der Waals surface area contributed by atoms with Crippen molar-refractivity contribution in [2.24, 2.45) is 5.73 Å². The Labute approximate surface area is 119 Å². The predicted octanol–water partition coefficient (Wildman–Crippen LogP) is 1.42. The Kier molecular flexibility index (Phi) is 4.73. The van der Waals surface area contributed by atoms with Gasteiger partial charge in [-0.25, -0.2) is 4.39 Å². The van der Waals surface area contributed by atoms with Crippen molar-refractivity contribution in [3.63, 3.8) is 0 Å². The maximum Gasteiger partial charge on any atom is 0.237 e. The van der Waals surface area contributed by atoms with Crippen LogP contribution in [0.3, 0.4) is 0 Å². The van der Waals surface area contributed by atoms with E-state index in [1.54, 1.807) is 25.2 Å². The molecule has 1 aliphatic heterocycles. The van der Waals surface area contributed by atoms with Gasteiger partial charge in [0.15, 0.2) is 0 Å². The zero-order valence-corrected chi connectivity index (χ0v) is 12.0. The highest BCUT2D eigenvalue weighted by atomic mass is 19.1. The lowest BCUT2D eigenvalue weighted by atomic mass is 9.97. The molecule has 1 fully saturated rings. The maximum absolute atomic E-state index is 14.1. The van der Waals surface area contributed by atoms with Crippen molar-refractivity contribution < 1.29 is 9.18 Å². The molecule has 0 radical (unpaired) electrons. The molecule has 0 aromatic heterocycles. The lowest BCUT2D eigenvalue weighted by Gasteiger charge is -2.35. The average Bonchev–Trinajstić information content (AvgIpc) is 2.89. The standard InChI is InChI=1S/C15H22FN3O/c1-10(17)14(11-6-3-4-7-12(11)16)19-9-5-8-13(19)15(20)18-2/h3-4,6-7,10,13-14H,5,8-9,17H2,1-2H3,(H,18,20). The van der Waals surface area contributed by atoms with Gasteiger partial charge in [0.1, 0.15) is 5.82 Å². The van der Waals surface area contributed by atoms with Crippen LogP contribution in [0.1, 0.15) is 31.4 Å². The fourth-order valence-corrected chi connectivity index (χ4v) is 3.05. The average molecular weight is 279 g/mol. The number of nitrogens with zero attached hydrogens (tertiary/aromatic N) is 1. The largest absolute Gasteiger partial charge is 0.358 e. The van der Waals surface area contributed by atoms with Crippen LogP contribution in [-0.4, -0.2) is 36.5 Å². The summed E-state index contributed by atoms with van der Waals surface area (Å²) in [6, 6.07) is 5.91. The third kappa shape index (κ3) is 2.83. The first kappa shape index (κ1) is 14.9. The van der Waals surface area contributed by atoms with Crippen molar-refractivity contribution in [3.8, 4) is 0 Å². The topological polar surface area (TPSA) is 58.4 Å². The van der Waals surface area contributed by atoms with Gasteiger partial charge in [-0.15, -0.1) is 0 Å².